The lowest BCUT2D eigenvalue weighted by Gasteiger charge is -2.07. The van der Waals surface area contributed by atoms with Gasteiger partial charge in [-0.25, -0.2) is 14.4 Å². The third kappa shape index (κ3) is 4.07. The molecule has 0 saturated heterocycles. The summed E-state index contributed by atoms with van der Waals surface area (Å²) in [5.74, 6) is -0.0239. The molecule has 0 spiro atoms. The Morgan fingerprint density at radius 1 is 1.14 bits per heavy atom. The van der Waals surface area contributed by atoms with Crippen LogP contribution in [-0.2, 0) is 6.42 Å². The molecule has 29 heavy (non-hydrogen) atoms. The molecule has 146 valence electrons. The minimum atomic E-state index is -0.782. The lowest BCUT2D eigenvalue weighted by Crippen LogP contribution is -2.13. The summed E-state index contributed by atoms with van der Waals surface area (Å²) in [6.45, 7) is 0. The van der Waals surface area contributed by atoms with Gasteiger partial charge < -0.3 is 10.5 Å². The van der Waals surface area contributed by atoms with Crippen molar-refractivity contribution in [2.75, 3.05) is 7.11 Å². The van der Waals surface area contributed by atoms with E-state index in [1.807, 2.05) is 34.9 Å². The van der Waals surface area contributed by atoms with E-state index < -0.39 is 11.7 Å². The van der Waals surface area contributed by atoms with Crippen molar-refractivity contribution in [2.45, 2.75) is 16.3 Å². The summed E-state index contributed by atoms with van der Waals surface area (Å²) >= 11 is 1.56. The predicted molar refractivity (Wildman–Crippen MR) is 108 cm³/mol. The summed E-state index contributed by atoms with van der Waals surface area (Å²) in [6.07, 6.45) is 5.87. The maximum absolute atomic E-state index is 14.0. The third-order valence-corrected chi connectivity index (χ3v) is 5.39. The topological polar surface area (TPSA) is 82.5 Å². The fourth-order valence-corrected chi connectivity index (χ4v) is 3.78. The minimum absolute atomic E-state index is 0.116. The molecule has 2 aromatic carbocycles. The number of primary amides is 1. The zero-order valence-corrected chi connectivity index (χ0v) is 16.3. The van der Waals surface area contributed by atoms with E-state index in [2.05, 4.69) is 9.97 Å². The monoisotopic (exact) mass is 408 g/mol. The lowest BCUT2D eigenvalue weighted by atomic mass is 10.0. The summed E-state index contributed by atoms with van der Waals surface area (Å²) in [5, 5.41) is 0.912. The van der Waals surface area contributed by atoms with Crippen molar-refractivity contribution in [3.8, 4) is 5.75 Å². The number of rotatable bonds is 6. The average molecular weight is 408 g/mol. The fraction of sp³-hybridized carbons (Fsp3) is 0.0952. The Morgan fingerprint density at radius 2 is 1.90 bits per heavy atom. The van der Waals surface area contributed by atoms with Crippen LogP contribution in [0.3, 0.4) is 0 Å². The van der Waals surface area contributed by atoms with Crippen molar-refractivity contribution in [3.05, 3.63) is 83.6 Å². The maximum atomic E-state index is 14.0. The summed E-state index contributed by atoms with van der Waals surface area (Å²) in [6, 6.07) is 12.2. The van der Waals surface area contributed by atoms with E-state index in [1.54, 1.807) is 37.3 Å². The largest absolute Gasteiger partial charge is 0.497 e. The SMILES string of the molecule is COc1ccc(Sc2cnc3ncc(Cc4ccc(C(N)=O)c(F)c4)cn23)cc1. The molecule has 0 aliphatic carbocycles. The molecule has 2 N–H and O–H groups in total. The molecule has 8 heteroatoms. The number of methoxy groups -OCH3 is 1. The van der Waals surface area contributed by atoms with Gasteiger partial charge in [0.1, 0.15) is 16.6 Å². The Labute approximate surface area is 170 Å². The van der Waals surface area contributed by atoms with Gasteiger partial charge in [0.15, 0.2) is 0 Å². The Hall–Kier alpha value is -3.39. The van der Waals surface area contributed by atoms with Crippen LogP contribution < -0.4 is 10.5 Å². The van der Waals surface area contributed by atoms with Gasteiger partial charge >= 0.3 is 0 Å². The number of amides is 1. The quantitative estimate of drug-likeness (QED) is 0.526. The normalized spacial score (nSPS) is 11.0. The van der Waals surface area contributed by atoms with Crippen LogP contribution in [0.25, 0.3) is 5.78 Å². The van der Waals surface area contributed by atoms with E-state index in [9.17, 15) is 9.18 Å². The Bertz CT molecular complexity index is 1190. The minimum Gasteiger partial charge on any atom is -0.497 e. The van der Waals surface area contributed by atoms with Crippen molar-refractivity contribution < 1.29 is 13.9 Å². The first-order chi connectivity index (χ1) is 14.0. The van der Waals surface area contributed by atoms with Gasteiger partial charge in [0.2, 0.25) is 5.78 Å². The summed E-state index contributed by atoms with van der Waals surface area (Å²) in [4.78, 5) is 21.0. The number of imidazole rings is 1. The second-order valence-electron chi connectivity index (χ2n) is 6.36. The molecule has 2 aromatic heterocycles. The number of nitrogens with zero attached hydrogens (tertiary/aromatic N) is 3. The van der Waals surface area contributed by atoms with E-state index >= 15 is 0 Å². The summed E-state index contributed by atoms with van der Waals surface area (Å²) < 4.78 is 21.1. The van der Waals surface area contributed by atoms with Crippen LogP contribution in [-0.4, -0.2) is 27.4 Å². The van der Waals surface area contributed by atoms with Crippen LogP contribution in [0.5, 0.6) is 5.75 Å². The molecule has 0 aliphatic heterocycles. The molecular formula is C21H17FN4O2S. The molecule has 0 aliphatic rings. The van der Waals surface area contributed by atoms with Crippen LogP contribution in [0.1, 0.15) is 21.5 Å². The Kier molecular flexibility index (Phi) is 5.18. The first-order valence-electron chi connectivity index (χ1n) is 8.75. The zero-order chi connectivity index (χ0) is 20.4. The van der Waals surface area contributed by atoms with Gasteiger partial charge in [-0.3, -0.25) is 9.20 Å². The highest BCUT2D eigenvalue weighted by atomic mass is 32.2. The van der Waals surface area contributed by atoms with E-state index in [0.717, 1.165) is 26.8 Å². The molecule has 4 rings (SSSR count). The predicted octanol–water partition coefficient (Wildman–Crippen LogP) is 3.72. The van der Waals surface area contributed by atoms with Gasteiger partial charge in [-0.05, 0) is 47.5 Å². The number of hydrogen-bond donors (Lipinski definition) is 1. The lowest BCUT2D eigenvalue weighted by molar-refractivity contribution is 0.0996. The summed E-state index contributed by atoms with van der Waals surface area (Å²) in [5.41, 5.74) is 6.65. The van der Waals surface area contributed by atoms with Crippen molar-refractivity contribution in [1.29, 1.82) is 0 Å². The highest BCUT2D eigenvalue weighted by molar-refractivity contribution is 7.99. The van der Waals surface area contributed by atoms with Crippen molar-refractivity contribution >= 4 is 23.4 Å². The molecule has 6 nitrogen and oxygen atoms in total. The van der Waals surface area contributed by atoms with Crippen molar-refractivity contribution in [1.82, 2.24) is 14.4 Å². The highest BCUT2D eigenvalue weighted by Gasteiger charge is 2.11. The highest BCUT2D eigenvalue weighted by Crippen LogP contribution is 2.29. The number of hydrogen-bond acceptors (Lipinski definition) is 5. The second kappa shape index (κ2) is 7.92. The molecule has 0 bridgehead atoms. The van der Waals surface area contributed by atoms with Gasteiger partial charge in [-0.15, -0.1) is 0 Å². The van der Waals surface area contributed by atoms with Crippen LogP contribution in [0.15, 0.2) is 71.0 Å². The van der Waals surface area contributed by atoms with Crippen LogP contribution in [0.4, 0.5) is 4.39 Å². The molecule has 4 aromatic rings. The van der Waals surface area contributed by atoms with Gasteiger partial charge in [-0.2, -0.15) is 0 Å². The van der Waals surface area contributed by atoms with Crippen molar-refractivity contribution in [3.63, 3.8) is 0 Å². The first kappa shape index (κ1) is 18.9. The van der Waals surface area contributed by atoms with E-state index in [-0.39, 0.29) is 5.56 Å². The van der Waals surface area contributed by atoms with Gasteiger partial charge in [-0.1, -0.05) is 17.8 Å². The Balaban J connectivity index is 1.59. The number of ether oxygens (including phenoxy) is 1. The van der Waals surface area contributed by atoms with Crippen molar-refractivity contribution in [2.24, 2.45) is 5.73 Å². The van der Waals surface area contributed by atoms with Gasteiger partial charge in [0.05, 0.1) is 18.9 Å². The number of fused-ring (bicyclic) bond motifs is 1. The number of nitrogens with two attached hydrogens (primary N) is 1. The number of aromatic nitrogens is 3. The fourth-order valence-electron chi connectivity index (χ4n) is 2.93. The maximum Gasteiger partial charge on any atom is 0.251 e. The number of benzene rings is 2. The number of carbonyl (C=O) groups is 1. The first-order valence-corrected chi connectivity index (χ1v) is 9.57. The second-order valence-corrected chi connectivity index (χ2v) is 7.46. The van der Waals surface area contributed by atoms with E-state index in [0.29, 0.717) is 12.2 Å². The molecule has 0 fully saturated rings. The zero-order valence-electron chi connectivity index (χ0n) is 15.5. The van der Waals surface area contributed by atoms with Crippen LogP contribution in [0, 0.1) is 5.82 Å². The van der Waals surface area contributed by atoms with E-state index in [1.165, 1.54) is 12.1 Å². The molecule has 0 unspecified atom stereocenters. The van der Waals surface area contributed by atoms with Crippen LogP contribution in [0.2, 0.25) is 0 Å². The van der Waals surface area contributed by atoms with Gasteiger partial charge in [0.25, 0.3) is 5.91 Å². The molecule has 0 radical (unpaired) electrons. The average Bonchev–Trinajstić information content (AvgIpc) is 3.10. The standard InChI is InChI=1S/C21H17FN4O2S/c1-28-15-3-5-16(6-4-15)29-19-11-25-21-24-10-14(12-26(19)21)8-13-2-7-17(20(23)27)18(22)9-13/h2-7,9-12H,8H2,1H3,(H2,23,27). The number of halogens is 1. The third-order valence-electron chi connectivity index (χ3n) is 4.37. The molecule has 0 atom stereocenters. The smallest absolute Gasteiger partial charge is 0.251 e. The van der Waals surface area contributed by atoms with Crippen LogP contribution >= 0.6 is 11.8 Å². The molecule has 2 heterocycles. The van der Waals surface area contributed by atoms with Gasteiger partial charge in [0, 0.05) is 23.7 Å². The molecular weight excluding hydrogens is 391 g/mol. The number of carbonyl (C=O) groups excluding carboxylic acids is 1. The molecule has 0 saturated carbocycles. The Morgan fingerprint density at radius 3 is 2.59 bits per heavy atom. The summed E-state index contributed by atoms with van der Waals surface area (Å²) in [7, 11) is 1.63. The molecule has 1 amide bonds. The van der Waals surface area contributed by atoms with E-state index in [4.69, 9.17) is 10.5 Å².